The van der Waals surface area contributed by atoms with Gasteiger partial charge >= 0.3 is 5.97 Å². The summed E-state index contributed by atoms with van der Waals surface area (Å²) >= 11 is 0. The van der Waals surface area contributed by atoms with Crippen LogP contribution in [0.3, 0.4) is 0 Å². The first-order valence-corrected chi connectivity index (χ1v) is 9.16. The fourth-order valence-corrected chi connectivity index (χ4v) is 4.42. The van der Waals surface area contributed by atoms with Crippen LogP contribution in [-0.2, 0) is 21.6 Å². The summed E-state index contributed by atoms with van der Waals surface area (Å²) in [5.74, 6) is -0.385. The molecule has 2 aromatic heterocycles. The second-order valence-electron chi connectivity index (χ2n) is 7.31. The number of H-pyrrole nitrogens is 1. The lowest BCUT2D eigenvalue weighted by molar-refractivity contribution is -0.106. The van der Waals surface area contributed by atoms with E-state index in [2.05, 4.69) is 40.0 Å². The molecule has 1 fully saturated rings. The number of methoxy groups -OCH3 is 1. The Morgan fingerprint density at radius 2 is 2.22 bits per heavy atom. The summed E-state index contributed by atoms with van der Waals surface area (Å²) in [6.45, 7) is 3.82. The molecule has 3 aromatic rings. The van der Waals surface area contributed by atoms with E-state index in [1.54, 1.807) is 6.20 Å². The Balaban J connectivity index is 1.53. The minimum atomic E-state index is -0.515. The van der Waals surface area contributed by atoms with Crippen LogP contribution in [-0.4, -0.2) is 41.0 Å². The van der Waals surface area contributed by atoms with Crippen molar-refractivity contribution in [1.29, 1.82) is 0 Å². The standard InChI is InChI=1S/C21H21N3O3/c1-21-19-16(15-5-3-4-6-17(15)23-19)7-8-24(21)12-18(27-21)13-9-14(11-22-10-13)20(25)26-2/h3-6,9-11,18,23H,7-8,12H2,1-2H3/t18-,21+/m1/s1. The highest BCUT2D eigenvalue weighted by atomic mass is 16.5. The van der Waals surface area contributed by atoms with Gasteiger partial charge in [0.15, 0.2) is 5.72 Å². The van der Waals surface area contributed by atoms with Crippen LogP contribution in [0.1, 0.15) is 40.2 Å². The summed E-state index contributed by atoms with van der Waals surface area (Å²) in [6.07, 6.45) is 4.13. The number of ether oxygens (including phenoxy) is 2. The topological polar surface area (TPSA) is 67.5 Å². The van der Waals surface area contributed by atoms with Crippen molar-refractivity contribution in [2.75, 3.05) is 20.2 Å². The van der Waals surface area contributed by atoms with Crippen molar-refractivity contribution < 1.29 is 14.3 Å². The number of pyridine rings is 1. The number of aromatic amines is 1. The van der Waals surface area contributed by atoms with E-state index in [9.17, 15) is 4.79 Å². The van der Waals surface area contributed by atoms with Gasteiger partial charge < -0.3 is 14.5 Å². The third kappa shape index (κ3) is 2.40. The van der Waals surface area contributed by atoms with Crippen LogP contribution in [0.15, 0.2) is 42.7 Å². The highest BCUT2D eigenvalue weighted by molar-refractivity contribution is 5.89. The van der Waals surface area contributed by atoms with E-state index in [-0.39, 0.29) is 12.1 Å². The van der Waals surface area contributed by atoms with Crippen LogP contribution in [0.25, 0.3) is 10.9 Å². The molecule has 0 spiro atoms. The van der Waals surface area contributed by atoms with E-state index in [1.807, 2.05) is 12.1 Å². The normalized spacial score (nSPS) is 24.6. The first kappa shape index (κ1) is 16.5. The van der Waals surface area contributed by atoms with Crippen molar-refractivity contribution in [2.24, 2.45) is 0 Å². The largest absolute Gasteiger partial charge is 0.465 e. The maximum absolute atomic E-state index is 11.8. The van der Waals surface area contributed by atoms with Crippen molar-refractivity contribution in [2.45, 2.75) is 25.2 Å². The summed E-state index contributed by atoms with van der Waals surface area (Å²) in [5, 5.41) is 1.27. The van der Waals surface area contributed by atoms with Crippen LogP contribution < -0.4 is 0 Å². The molecule has 0 amide bonds. The molecule has 0 bridgehead atoms. The average Bonchev–Trinajstić information content (AvgIpc) is 3.26. The Labute approximate surface area is 157 Å². The first-order chi connectivity index (χ1) is 13.1. The lowest BCUT2D eigenvalue weighted by Gasteiger charge is -2.37. The van der Waals surface area contributed by atoms with E-state index in [0.29, 0.717) is 5.56 Å². The van der Waals surface area contributed by atoms with E-state index in [0.717, 1.165) is 36.3 Å². The van der Waals surface area contributed by atoms with Gasteiger partial charge in [-0.1, -0.05) is 18.2 Å². The van der Waals surface area contributed by atoms with Crippen LogP contribution in [0.4, 0.5) is 0 Å². The Morgan fingerprint density at radius 3 is 3.07 bits per heavy atom. The highest BCUT2D eigenvalue weighted by Gasteiger charge is 2.49. The van der Waals surface area contributed by atoms with E-state index >= 15 is 0 Å². The fourth-order valence-electron chi connectivity index (χ4n) is 4.42. The number of fused-ring (bicyclic) bond motifs is 5. The number of rotatable bonds is 2. The number of para-hydroxylation sites is 1. The van der Waals surface area contributed by atoms with E-state index in [4.69, 9.17) is 9.47 Å². The van der Waals surface area contributed by atoms with Gasteiger partial charge in [0.2, 0.25) is 0 Å². The zero-order valence-corrected chi connectivity index (χ0v) is 15.4. The van der Waals surface area contributed by atoms with Crippen LogP contribution >= 0.6 is 0 Å². The molecule has 2 atom stereocenters. The predicted octanol–water partition coefficient (Wildman–Crippen LogP) is 3.15. The van der Waals surface area contributed by atoms with E-state index < -0.39 is 5.72 Å². The van der Waals surface area contributed by atoms with Gasteiger partial charge in [0.25, 0.3) is 0 Å². The zero-order valence-electron chi connectivity index (χ0n) is 15.4. The summed E-state index contributed by atoms with van der Waals surface area (Å²) in [4.78, 5) is 22.0. The van der Waals surface area contributed by atoms with Gasteiger partial charge in [0.05, 0.1) is 24.5 Å². The Bertz CT molecular complexity index is 1040. The Morgan fingerprint density at radius 1 is 1.37 bits per heavy atom. The molecule has 6 heteroatoms. The molecule has 0 unspecified atom stereocenters. The second-order valence-corrected chi connectivity index (χ2v) is 7.31. The number of hydrogen-bond donors (Lipinski definition) is 1. The molecular formula is C21H21N3O3. The summed E-state index contributed by atoms with van der Waals surface area (Å²) < 4.78 is 11.4. The molecule has 1 aromatic carbocycles. The summed E-state index contributed by atoms with van der Waals surface area (Å²) in [7, 11) is 1.37. The number of esters is 1. The molecule has 5 rings (SSSR count). The molecule has 1 saturated heterocycles. The zero-order chi connectivity index (χ0) is 18.6. The minimum absolute atomic E-state index is 0.149. The molecule has 2 aliphatic rings. The van der Waals surface area contributed by atoms with Gasteiger partial charge in [-0.3, -0.25) is 9.88 Å². The highest BCUT2D eigenvalue weighted by Crippen LogP contribution is 2.47. The molecule has 0 saturated carbocycles. The number of nitrogens with one attached hydrogen (secondary N) is 1. The molecule has 6 nitrogen and oxygen atoms in total. The molecule has 0 aliphatic carbocycles. The summed E-state index contributed by atoms with van der Waals surface area (Å²) in [6, 6.07) is 10.2. The molecule has 27 heavy (non-hydrogen) atoms. The number of carbonyl (C=O) groups excluding carboxylic acids is 1. The van der Waals surface area contributed by atoms with Crippen LogP contribution in [0.5, 0.6) is 0 Å². The van der Waals surface area contributed by atoms with Crippen molar-refractivity contribution in [3.63, 3.8) is 0 Å². The third-order valence-corrected chi connectivity index (χ3v) is 5.82. The number of nitrogens with zero attached hydrogens (tertiary/aromatic N) is 2. The molecule has 4 heterocycles. The summed E-state index contributed by atoms with van der Waals surface area (Å²) in [5.41, 5.74) is 4.44. The third-order valence-electron chi connectivity index (χ3n) is 5.82. The molecule has 0 radical (unpaired) electrons. The van der Waals surface area contributed by atoms with Gasteiger partial charge in [0.1, 0.15) is 0 Å². The average molecular weight is 363 g/mol. The Hall–Kier alpha value is -2.70. The number of carbonyl (C=O) groups is 1. The van der Waals surface area contributed by atoms with Crippen molar-refractivity contribution >= 4 is 16.9 Å². The van der Waals surface area contributed by atoms with Gasteiger partial charge in [-0.15, -0.1) is 0 Å². The predicted molar refractivity (Wildman–Crippen MR) is 100 cm³/mol. The SMILES string of the molecule is COC(=O)c1cncc([C@H]2CN3CCc4c([nH]c5ccccc45)[C@]3(C)O2)c1. The van der Waals surface area contributed by atoms with E-state index in [1.165, 1.54) is 24.3 Å². The number of aromatic nitrogens is 2. The smallest absolute Gasteiger partial charge is 0.339 e. The fraction of sp³-hybridized carbons (Fsp3) is 0.333. The lowest BCUT2D eigenvalue weighted by atomic mass is 9.96. The minimum Gasteiger partial charge on any atom is -0.465 e. The van der Waals surface area contributed by atoms with Crippen LogP contribution in [0, 0.1) is 0 Å². The van der Waals surface area contributed by atoms with Gasteiger partial charge in [-0.2, -0.15) is 0 Å². The molecule has 2 aliphatic heterocycles. The quantitative estimate of drug-likeness (QED) is 0.709. The maximum Gasteiger partial charge on any atom is 0.339 e. The molecule has 1 N–H and O–H groups in total. The first-order valence-electron chi connectivity index (χ1n) is 9.16. The van der Waals surface area contributed by atoms with Gasteiger partial charge in [-0.05, 0) is 31.0 Å². The second kappa shape index (κ2) is 5.90. The van der Waals surface area contributed by atoms with Crippen LogP contribution in [0.2, 0.25) is 0 Å². The Kier molecular flexibility index (Phi) is 3.60. The van der Waals surface area contributed by atoms with Crippen molar-refractivity contribution in [1.82, 2.24) is 14.9 Å². The number of hydrogen-bond acceptors (Lipinski definition) is 5. The molecule has 138 valence electrons. The van der Waals surface area contributed by atoms with Crippen molar-refractivity contribution in [3.05, 3.63) is 65.1 Å². The van der Waals surface area contributed by atoms with Crippen molar-refractivity contribution in [3.8, 4) is 0 Å². The molecular weight excluding hydrogens is 342 g/mol. The van der Waals surface area contributed by atoms with Gasteiger partial charge in [-0.25, -0.2) is 4.79 Å². The van der Waals surface area contributed by atoms with Gasteiger partial charge in [0, 0.05) is 41.9 Å². The maximum atomic E-state index is 11.8. The lowest BCUT2D eigenvalue weighted by Crippen LogP contribution is -2.44. The number of benzene rings is 1. The monoisotopic (exact) mass is 363 g/mol.